The molecule has 0 N–H and O–H groups in total. The highest BCUT2D eigenvalue weighted by Gasteiger charge is 2.30. The lowest BCUT2D eigenvalue weighted by Crippen LogP contribution is -2.47. The van der Waals surface area contributed by atoms with E-state index in [-0.39, 0.29) is 18.6 Å². The molecule has 1 saturated heterocycles. The fraction of sp³-hybridized carbons (Fsp3) is 0.789. The molecule has 1 atom stereocenters. The number of nitrogens with zero attached hydrogens (tertiary/aromatic N) is 4. The number of hydrogen-bond donors (Lipinski definition) is 0. The van der Waals surface area contributed by atoms with E-state index in [2.05, 4.69) is 14.7 Å². The molecule has 0 aromatic carbocycles. The van der Waals surface area contributed by atoms with Crippen LogP contribution in [-0.4, -0.2) is 64.4 Å². The Hall–Kier alpha value is -1.40. The number of carbonyl (C=O) groups is 1. The molecule has 1 aliphatic carbocycles. The van der Waals surface area contributed by atoms with E-state index in [1.807, 2.05) is 17.2 Å². The number of ether oxygens (including phenoxy) is 1. The van der Waals surface area contributed by atoms with Gasteiger partial charge in [0, 0.05) is 19.3 Å². The van der Waals surface area contributed by atoms with Gasteiger partial charge in [0.05, 0.1) is 24.4 Å². The molecule has 0 spiro atoms. The van der Waals surface area contributed by atoms with Crippen molar-refractivity contribution in [2.45, 2.75) is 63.6 Å². The third kappa shape index (κ3) is 4.06. The largest absolute Gasteiger partial charge is 0.368 e. The van der Waals surface area contributed by atoms with Gasteiger partial charge in [-0.05, 0) is 44.8 Å². The SMILES string of the molecule is O=C(COC1CCCC1)N1Cc2ccnn2[C@H](CN2CCCCC2)C1. The quantitative estimate of drug-likeness (QED) is 0.820. The average Bonchev–Trinajstić information content (AvgIpc) is 3.32. The zero-order valence-corrected chi connectivity index (χ0v) is 15.1. The van der Waals surface area contributed by atoms with Crippen molar-refractivity contribution in [2.24, 2.45) is 0 Å². The molecule has 1 aromatic heterocycles. The van der Waals surface area contributed by atoms with Crippen LogP contribution in [0.5, 0.6) is 0 Å². The first-order valence-corrected chi connectivity index (χ1v) is 9.94. The lowest BCUT2D eigenvalue weighted by molar-refractivity contribution is -0.140. The third-order valence-electron chi connectivity index (χ3n) is 5.90. The second-order valence-corrected chi connectivity index (χ2v) is 7.77. The third-order valence-corrected chi connectivity index (χ3v) is 5.90. The Morgan fingerprint density at radius 2 is 1.96 bits per heavy atom. The second-order valence-electron chi connectivity index (χ2n) is 7.77. The van der Waals surface area contributed by atoms with Crippen molar-refractivity contribution in [3.05, 3.63) is 18.0 Å². The van der Waals surface area contributed by atoms with Crippen LogP contribution in [-0.2, 0) is 16.1 Å². The molecule has 4 rings (SSSR count). The normalized spacial score (nSPS) is 25.3. The van der Waals surface area contributed by atoms with Gasteiger partial charge in [-0.1, -0.05) is 19.3 Å². The van der Waals surface area contributed by atoms with Crippen molar-refractivity contribution in [1.29, 1.82) is 0 Å². The van der Waals surface area contributed by atoms with Crippen LogP contribution in [0.3, 0.4) is 0 Å². The molecule has 6 heteroatoms. The number of likely N-dealkylation sites (tertiary alicyclic amines) is 1. The number of carbonyl (C=O) groups excluding carboxylic acids is 1. The van der Waals surface area contributed by atoms with Gasteiger partial charge in [0.1, 0.15) is 6.61 Å². The molecule has 1 aromatic rings. The Bertz CT molecular complexity index is 576. The minimum Gasteiger partial charge on any atom is -0.368 e. The predicted octanol–water partition coefficient (Wildman–Crippen LogP) is 2.21. The Morgan fingerprint density at radius 1 is 1.16 bits per heavy atom. The van der Waals surface area contributed by atoms with Crippen LogP contribution in [0.15, 0.2) is 12.3 Å². The minimum absolute atomic E-state index is 0.128. The van der Waals surface area contributed by atoms with Crippen LogP contribution in [0.1, 0.15) is 56.7 Å². The van der Waals surface area contributed by atoms with Crippen LogP contribution in [0.25, 0.3) is 0 Å². The van der Waals surface area contributed by atoms with Gasteiger partial charge < -0.3 is 14.5 Å². The summed E-state index contributed by atoms with van der Waals surface area (Å²) in [5, 5.41) is 4.53. The highest BCUT2D eigenvalue weighted by Crippen LogP contribution is 2.24. The summed E-state index contributed by atoms with van der Waals surface area (Å²) in [7, 11) is 0. The van der Waals surface area contributed by atoms with Crippen LogP contribution in [0, 0.1) is 0 Å². The average molecular weight is 346 g/mol. The molecule has 6 nitrogen and oxygen atoms in total. The summed E-state index contributed by atoms with van der Waals surface area (Å²) < 4.78 is 7.98. The van der Waals surface area contributed by atoms with E-state index in [1.54, 1.807) is 0 Å². The molecule has 1 saturated carbocycles. The first-order chi connectivity index (χ1) is 12.3. The predicted molar refractivity (Wildman–Crippen MR) is 95.2 cm³/mol. The maximum Gasteiger partial charge on any atom is 0.249 e. The zero-order valence-electron chi connectivity index (χ0n) is 15.1. The summed E-state index contributed by atoms with van der Waals surface area (Å²) in [4.78, 5) is 17.2. The number of fused-ring (bicyclic) bond motifs is 1. The van der Waals surface area contributed by atoms with E-state index in [4.69, 9.17) is 4.74 Å². The smallest absolute Gasteiger partial charge is 0.249 e. The summed E-state index contributed by atoms with van der Waals surface area (Å²) in [5.41, 5.74) is 1.14. The van der Waals surface area contributed by atoms with Crippen LogP contribution < -0.4 is 0 Å². The van der Waals surface area contributed by atoms with Gasteiger partial charge in [0.15, 0.2) is 0 Å². The van der Waals surface area contributed by atoms with Crippen molar-refractivity contribution < 1.29 is 9.53 Å². The summed E-state index contributed by atoms with van der Waals surface area (Å²) in [6, 6.07) is 2.30. The van der Waals surface area contributed by atoms with Crippen molar-refractivity contribution in [2.75, 3.05) is 32.8 Å². The Labute approximate surface area is 150 Å². The van der Waals surface area contributed by atoms with Crippen LogP contribution >= 0.6 is 0 Å². The first-order valence-electron chi connectivity index (χ1n) is 9.94. The standard InChI is InChI=1S/C19H30N4O2/c24-19(15-25-18-6-2-3-7-18)22-13-16-8-9-20-23(16)17(14-22)12-21-10-4-1-5-11-21/h8-9,17-18H,1-7,10-15H2/t17-/m1/s1. The molecule has 0 radical (unpaired) electrons. The van der Waals surface area contributed by atoms with E-state index in [1.165, 1.54) is 45.2 Å². The van der Waals surface area contributed by atoms with Crippen LogP contribution in [0.2, 0.25) is 0 Å². The monoisotopic (exact) mass is 346 g/mol. The molecule has 1 amide bonds. The first kappa shape index (κ1) is 17.0. The molecule has 2 aliphatic heterocycles. The van der Waals surface area contributed by atoms with Gasteiger partial charge in [0.2, 0.25) is 5.91 Å². The number of amides is 1. The molecule has 2 fully saturated rings. The topological polar surface area (TPSA) is 50.6 Å². The molecular weight excluding hydrogens is 316 g/mol. The molecule has 0 unspecified atom stereocenters. The van der Waals surface area contributed by atoms with Gasteiger partial charge in [-0.25, -0.2) is 0 Å². The van der Waals surface area contributed by atoms with Crippen molar-refractivity contribution in [1.82, 2.24) is 19.6 Å². The lowest BCUT2D eigenvalue weighted by Gasteiger charge is -2.37. The van der Waals surface area contributed by atoms with E-state index >= 15 is 0 Å². The molecular formula is C19H30N4O2. The molecule has 138 valence electrons. The minimum atomic E-state index is 0.128. The van der Waals surface area contributed by atoms with Gasteiger partial charge in [-0.3, -0.25) is 9.48 Å². The van der Waals surface area contributed by atoms with Gasteiger partial charge >= 0.3 is 0 Å². The Morgan fingerprint density at radius 3 is 2.76 bits per heavy atom. The van der Waals surface area contributed by atoms with Crippen molar-refractivity contribution in [3.63, 3.8) is 0 Å². The van der Waals surface area contributed by atoms with Crippen molar-refractivity contribution in [3.8, 4) is 0 Å². The van der Waals surface area contributed by atoms with Crippen LogP contribution in [0.4, 0.5) is 0 Å². The van der Waals surface area contributed by atoms with E-state index < -0.39 is 0 Å². The number of piperidine rings is 1. The molecule has 3 heterocycles. The number of rotatable bonds is 5. The fourth-order valence-electron chi connectivity index (χ4n) is 4.49. The summed E-state index contributed by atoms with van der Waals surface area (Å²) >= 11 is 0. The van der Waals surface area contributed by atoms with Gasteiger partial charge in [0.25, 0.3) is 0 Å². The maximum absolute atomic E-state index is 12.7. The second kappa shape index (κ2) is 7.87. The maximum atomic E-state index is 12.7. The van der Waals surface area contributed by atoms with E-state index in [0.717, 1.165) is 31.6 Å². The van der Waals surface area contributed by atoms with Crippen molar-refractivity contribution >= 4 is 5.91 Å². The number of hydrogen-bond acceptors (Lipinski definition) is 4. The molecule has 25 heavy (non-hydrogen) atoms. The van der Waals surface area contributed by atoms with E-state index in [9.17, 15) is 4.79 Å². The highest BCUT2D eigenvalue weighted by atomic mass is 16.5. The highest BCUT2D eigenvalue weighted by molar-refractivity contribution is 5.77. The van der Waals surface area contributed by atoms with Gasteiger partial charge in [-0.15, -0.1) is 0 Å². The summed E-state index contributed by atoms with van der Waals surface area (Å²) in [6.07, 6.45) is 10.8. The number of aromatic nitrogens is 2. The summed E-state index contributed by atoms with van der Waals surface area (Å²) in [5.74, 6) is 0.128. The zero-order chi connectivity index (χ0) is 17.1. The molecule has 0 bridgehead atoms. The van der Waals surface area contributed by atoms with E-state index in [0.29, 0.717) is 12.6 Å². The van der Waals surface area contributed by atoms with Gasteiger partial charge in [-0.2, -0.15) is 5.10 Å². The Kier molecular flexibility index (Phi) is 5.36. The molecule has 3 aliphatic rings. The summed E-state index contributed by atoms with van der Waals surface area (Å²) in [6.45, 7) is 4.97. The lowest BCUT2D eigenvalue weighted by atomic mass is 10.1. The Balaban J connectivity index is 1.37. The fourth-order valence-corrected chi connectivity index (χ4v) is 4.49.